The summed E-state index contributed by atoms with van der Waals surface area (Å²) in [5.41, 5.74) is 0.376. The largest absolute Gasteiger partial charge is 0.480 e. The molecule has 0 fully saturated rings. The van der Waals surface area contributed by atoms with Gasteiger partial charge in [0.1, 0.15) is 6.54 Å². The van der Waals surface area contributed by atoms with Crippen molar-refractivity contribution in [1.29, 1.82) is 0 Å². The number of carboxylic acid groups (broad SMARTS) is 1. The molecule has 20 heavy (non-hydrogen) atoms. The first-order valence-electron chi connectivity index (χ1n) is 6.22. The van der Waals surface area contributed by atoms with Gasteiger partial charge in [-0.2, -0.15) is 0 Å². The minimum atomic E-state index is -1.03. The number of carboxylic acids is 1. The standard InChI is InChI=1S/C14H19BrN2O3/c1-14(2,3)17(9-12(18)19)13(20)16-8-10-6-4-5-7-11(10)15/h4-7H,8-9H2,1-3H3,(H,16,20)(H,18,19). The Balaban J connectivity index is 2.72. The van der Waals surface area contributed by atoms with Crippen molar-refractivity contribution in [3.8, 4) is 0 Å². The fraction of sp³-hybridized carbons (Fsp3) is 0.429. The maximum absolute atomic E-state index is 12.1. The summed E-state index contributed by atoms with van der Waals surface area (Å²) in [5, 5.41) is 11.6. The molecule has 0 unspecified atom stereocenters. The van der Waals surface area contributed by atoms with Crippen LogP contribution in [0.4, 0.5) is 4.79 Å². The smallest absolute Gasteiger partial charge is 0.323 e. The Morgan fingerprint density at radius 1 is 1.30 bits per heavy atom. The molecule has 1 rings (SSSR count). The second-order valence-electron chi connectivity index (χ2n) is 5.40. The molecular formula is C14H19BrN2O3. The molecule has 5 nitrogen and oxygen atoms in total. The van der Waals surface area contributed by atoms with Gasteiger partial charge in [0, 0.05) is 16.6 Å². The van der Waals surface area contributed by atoms with Gasteiger partial charge < -0.3 is 15.3 Å². The normalized spacial score (nSPS) is 11.0. The first-order valence-corrected chi connectivity index (χ1v) is 7.02. The topological polar surface area (TPSA) is 69.6 Å². The van der Waals surface area contributed by atoms with Crippen molar-refractivity contribution in [3.63, 3.8) is 0 Å². The Labute approximate surface area is 127 Å². The number of halogens is 1. The minimum absolute atomic E-state index is 0.328. The summed E-state index contributed by atoms with van der Waals surface area (Å²) in [6.45, 7) is 5.41. The molecule has 0 saturated carbocycles. The number of carbonyl (C=O) groups is 2. The van der Waals surface area contributed by atoms with Crippen molar-refractivity contribution in [2.24, 2.45) is 0 Å². The molecule has 0 aliphatic rings. The number of nitrogens with zero attached hydrogens (tertiary/aromatic N) is 1. The summed E-state index contributed by atoms with van der Waals surface area (Å²) < 4.78 is 0.904. The van der Waals surface area contributed by atoms with Crippen molar-refractivity contribution in [3.05, 3.63) is 34.3 Å². The summed E-state index contributed by atoms with van der Waals surface area (Å²) in [6, 6.07) is 7.16. The van der Waals surface area contributed by atoms with E-state index in [4.69, 9.17) is 5.11 Å². The lowest BCUT2D eigenvalue weighted by molar-refractivity contribution is -0.138. The first kappa shape index (κ1) is 16.5. The van der Waals surface area contributed by atoms with Crippen molar-refractivity contribution >= 4 is 27.9 Å². The third-order valence-corrected chi connectivity index (χ3v) is 3.51. The Morgan fingerprint density at radius 3 is 2.40 bits per heavy atom. The predicted octanol–water partition coefficient (Wildman–Crippen LogP) is 2.84. The summed E-state index contributed by atoms with van der Waals surface area (Å²) in [6.07, 6.45) is 0. The van der Waals surface area contributed by atoms with Gasteiger partial charge in [-0.05, 0) is 32.4 Å². The van der Waals surface area contributed by atoms with E-state index >= 15 is 0 Å². The fourth-order valence-corrected chi connectivity index (χ4v) is 2.08. The van der Waals surface area contributed by atoms with Gasteiger partial charge in [-0.25, -0.2) is 4.79 Å². The fourth-order valence-electron chi connectivity index (χ4n) is 1.66. The zero-order valence-corrected chi connectivity index (χ0v) is 13.4. The maximum Gasteiger partial charge on any atom is 0.323 e. The molecule has 0 aromatic heterocycles. The van der Waals surface area contributed by atoms with Gasteiger partial charge >= 0.3 is 12.0 Å². The highest BCUT2D eigenvalue weighted by Gasteiger charge is 2.28. The number of urea groups is 1. The quantitative estimate of drug-likeness (QED) is 0.883. The van der Waals surface area contributed by atoms with Crippen LogP contribution in [0.5, 0.6) is 0 Å². The van der Waals surface area contributed by atoms with Crippen LogP contribution in [0.1, 0.15) is 26.3 Å². The summed E-state index contributed by atoms with van der Waals surface area (Å²) in [4.78, 5) is 24.3. The average Bonchev–Trinajstić information content (AvgIpc) is 2.33. The minimum Gasteiger partial charge on any atom is -0.480 e. The molecule has 1 aromatic rings. The molecule has 6 heteroatoms. The predicted molar refractivity (Wildman–Crippen MR) is 80.5 cm³/mol. The second-order valence-corrected chi connectivity index (χ2v) is 6.26. The van der Waals surface area contributed by atoms with Crippen LogP contribution in [0.3, 0.4) is 0 Å². The van der Waals surface area contributed by atoms with E-state index < -0.39 is 17.5 Å². The van der Waals surface area contributed by atoms with E-state index in [1.807, 2.05) is 24.3 Å². The summed E-state index contributed by atoms with van der Waals surface area (Å²) >= 11 is 3.40. The Kier molecular flexibility index (Phi) is 5.56. The molecule has 0 radical (unpaired) electrons. The van der Waals surface area contributed by atoms with Crippen LogP contribution >= 0.6 is 15.9 Å². The molecule has 2 N–H and O–H groups in total. The average molecular weight is 343 g/mol. The van der Waals surface area contributed by atoms with Gasteiger partial charge in [0.15, 0.2) is 0 Å². The molecule has 0 spiro atoms. The van der Waals surface area contributed by atoms with E-state index in [9.17, 15) is 9.59 Å². The third kappa shape index (κ3) is 4.85. The third-order valence-electron chi connectivity index (χ3n) is 2.74. The van der Waals surface area contributed by atoms with Crippen LogP contribution in [0.25, 0.3) is 0 Å². The number of hydrogen-bond acceptors (Lipinski definition) is 2. The summed E-state index contributed by atoms with van der Waals surface area (Å²) in [5.74, 6) is -1.03. The van der Waals surface area contributed by atoms with E-state index in [-0.39, 0.29) is 6.54 Å². The lowest BCUT2D eigenvalue weighted by Gasteiger charge is -2.34. The molecule has 0 atom stereocenters. The van der Waals surface area contributed by atoms with Crippen molar-refractivity contribution in [2.75, 3.05) is 6.54 Å². The highest BCUT2D eigenvalue weighted by Crippen LogP contribution is 2.16. The molecule has 0 aliphatic carbocycles. The molecule has 0 saturated heterocycles. The number of rotatable bonds is 4. The van der Waals surface area contributed by atoms with Crippen LogP contribution in [0.15, 0.2) is 28.7 Å². The van der Waals surface area contributed by atoms with Crippen molar-refractivity contribution in [1.82, 2.24) is 10.2 Å². The van der Waals surface area contributed by atoms with Crippen molar-refractivity contribution < 1.29 is 14.7 Å². The van der Waals surface area contributed by atoms with Crippen LogP contribution < -0.4 is 5.32 Å². The number of benzene rings is 1. The lowest BCUT2D eigenvalue weighted by Crippen LogP contribution is -2.52. The van der Waals surface area contributed by atoms with E-state index in [0.717, 1.165) is 10.0 Å². The zero-order valence-electron chi connectivity index (χ0n) is 11.8. The highest BCUT2D eigenvalue weighted by molar-refractivity contribution is 9.10. The van der Waals surface area contributed by atoms with Crippen LogP contribution in [0, 0.1) is 0 Å². The SMILES string of the molecule is CC(C)(C)N(CC(=O)O)C(=O)NCc1ccccc1Br. The maximum atomic E-state index is 12.1. The molecular weight excluding hydrogens is 324 g/mol. The molecule has 1 aromatic carbocycles. The van der Waals surface area contributed by atoms with Gasteiger partial charge in [-0.3, -0.25) is 4.79 Å². The van der Waals surface area contributed by atoms with E-state index in [1.165, 1.54) is 4.90 Å². The van der Waals surface area contributed by atoms with E-state index in [0.29, 0.717) is 6.54 Å². The van der Waals surface area contributed by atoms with Crippen LogP contribution in [-0.4, -0.2) is 34.1 Å². The van der Waals surface area contributed by atoms with Crippen LogP contribution in [0.2, 0.25) is 0 Å². The Morgan fingerprint density at radius 2 is 1.90 bits per heavy atom. The van der Waals surface area contributed by atoms with Gasteiger partial charge in [-0.15, -0.1) is 0 Å². The second kappa shape index (κ2) is 6.74. The first-order chi connectivity index (χ1) is 9.21. The van der Waals surface area contributed by atoms with Gasteiger partial charge in [0.25, 0.3) is 0 Å². The zero-order chi connectivity index (χ0) is 15.3. The number of hydrogen-bond donors (Lipinski definition) is 2. The monoisotopic (exact) mass is 342 g/mol. The Hall–Kier alpha value is -1.56. The number of nitrogens with one attached hydrogen (secondary N) is 1. The van der Waals surface area contributed by atoms with E-state index in [2.05, 4.69) is 21.2 Å². The molecule has 2 amide bonds. The van der Waals surface area contributed by atoms with Gasteiger partial charge in [0.05, 0.1) is 0 Å². The van der Waals surface area contributed by atoms with Crippen LogP contribution in [-0.2, 0) is 11.3 Å². The number of carbonyl (C=O) groups excluding carboxylic acids is 1. The molecule has 0 heterocycles. The van der Waals surface area contributed by atoms with E-state index in [1.54, 1.807) is 20.8 Å². The van der Waals surface area contributed by atoms with Gasteiger partial charge in [0.2, 0.25) is 0 Å². The Bertz CT molecular complexity index is 497. The number of amides is 2. The number of aliphatic carboxylic acids is 1. The molecule has 110 valence electrons. The van der Waals surface area contributed by atoms with Gasteiger partial charge in [-0.1, -0.05) is 34.1 Å². The lowest BCUT2D eigenvalue weighted by atomic mass is 10.1. The highest BCUT2D eigenvalue weighted by atomic mass is 79.9. The molecule has 0 bridgehead atoms. The summed E-state index contributed by atoms with van der Waals surface area (Å²) in [7, 11) is 0. The molecule has 0 aliphatic heterocycles. The van der Waals surface area contributed by atoms with Crippen molar-refractivity contribution in [2.45, 2.75) is 32.9 Å².